The quantitative estimate of drug-likeness (QED) is 0.307. The van der Waals surface area contributed by atoms with Crippen LogP contribution in [-0.4, -0.2) is 50.7 Å². The molecule has 2 aromatic carbocycles. The van der Waals surface area contributed by atoms with Crippen molar-refractivity contribution in [2.24, 2.45) is 0 Å². The van der Waals surface area contributed by atoms with Crippen LogP contribution in [0.5, 0.6) is 17.2 Å². The second-order valence-electron chi connectivity index (χ2n) is 8.61. The van der Waals surface area contributed by atoms with Crippen molar-refractivity contribution in [3.05, 3.63) is 65.7 Å². The van der Waals surface area contributed by atoms with Gasteiger partial charge in [-0.05, 0) is 0 Å². The van der Waals surface area contributed by atoms with E-state index in [1.807, 2.05) is 6.07 Å². The molecule has 7 nitrogen and oxygen atoms in total. The van der Waals surface area contributed by atoms with Gasteiger partial charge in [-0.15, -0.1) is 0 Å². The monoisotopic (exact) mass is 512 g/mol. The molecule has 0 saturated carbocycles. The molecule has 2 aromatic rings. The molecule has 0 amide bonds. The molecule has 0 aliphatic rings. The van der Waals surface area contributed by atoms with E-state index < -0.39 is 22.5 Å². The Morgan fingerprint density at radius 1 is 0.818 bits per heavy atom. The van der Waals surface area contributed by atoms with E-state index in [1.54, 1.807) is 55.8 Å². The van der Waals surface area contributed by atoms with Crippen LogP contribution in [-0.2, 0) is 13.9 Å². The summed E-state index contributed by atoms with van der Waals surface area (Å²) < 4.78 is 40.6. The fourth-order valence-electron chi connectivity index (χ4n) is 2.69. The van der Waals surface area contributed by atoms with Gasteiger partial charge in [-0.3, -0.25) is 9.13 Å². The molecule has 33 heavy (non-hydrogen) atoms. The summed E-state index contributed by atoms with van der Waals surface area (Å²) in [5, 5.41) is 0. The molecule has 0 aromatic heterocycles. The number of benzene rings is 2. The third-order valence-corrected chi connectivity index (χ3v) is 5.69. The number of carbonyl (C=O) groups is 1. The summed E-state index contributed by atoms with van der Waals surface area (Å²) in [7, 11) is -8.37. The van der Waals surface area contributed by atoms with Gasteiger partial charge in [-0.1, -0.05) is 0 Å². The Morgan fingerprint density at radius 2 is 1.30 bits per heavy atom. The Bertz CT molecular complexity index is 1110. The summed E-state index contributed by atoms with van der Waals surface area (Å²) >= 11 is 0. The van der Waals surface area contributed by atoms with E-state index in [4.69, 9.17) is 13.6 Å². The van der Waals surface area contributed by atoms with Crippen LogP contribution in [0.3, 0.4) is 0 Å². The summed E-state index contributed by atoms with van der Waals surface area (Å²) in [5.74, 6) is 0.866. The third-order valence-electron chi connectivity index (χ3n) is 3.66. The molecule has 10 heteroatoms. The average molecular weight is 512 g/mol. The Morgan fingerprint density at radius 3 is 1.79 bits per heavy atom. The zero-order valence-electron chi connectivity index (χ0n) is 19.6. The summed E-state index contributed by atoms with van der Waals surface area (Å²) in [6.07, 6.45) is 6.00. The van der Waals surface area contributed by atoms with Crippen molar-refractivity contribution >= 4 is 40.4 Å². The molecule has 0 aliphatic carbocycles. The standard InChI is InChI=1S/C23H31O7P3/c1-31(2,25)28-21-9-7-8-18(14-21)10-12-20(24)13-11-19-15-22(29-32(3,4)26)17-23(16-19)30-33(5,6)27/h7-17,25,31H,1-6H3/b12-10+,13-11+. The van der Waals surface area contributed by atoms with Gasteiger partial charge in [-0.25, -0.2) is 0 Å². The van der Waals surface area contributed by atoms with Crippen LogP contribution >= 0.6 is 22.5 Å². The number of hydrogen-bond acceptors (Lipinski definition) is 7. The van der Waals surface area contributed by atoms with Crippen LogP contribution in [0.15, 0.2) is 54.6 Å². The van der Waals surface area contributed by atoms with Crippen LogP contribution in [0.4, 0.5) is 0 Å². The van der Waals surface area contributed by atoms with E-state index >= 15 is 0 Å². The predicted molar refractivity (Wildman–Crippen MR) is 139 cm³/mol. The molecule has 0 heterocycles. The van der Waals surface area contributed by atoms with Crippen LogP contribution < -0.4 is 13.6 Å². The first-order chi connectivity index (χ1) is 15.1. The predicted octanol–water partition coefficient (Wildman–Crippen LogP) is 6.03. The Balaban J connectivity index is 2.20. The minimum atomic E-state index is -2.83. The van der Waals surface area contributed by atoms with Gasteiger partial charge in [0.2, 0.25) is 14.7 Å². The molecule has 0 bridgehead atoms. The summed E-state index contributed by atoms with van der Waals surface area (Å²) in [4.78, 5) is 22.2. The first kappa shape index (κ1) is 27.1. The summed E-state index contributed by atoms with van der Waals surface area (Å²) in [5.41, 5.74) is 1.32. The van der Waals surface area contributed by atoms with E-state index in [-0.39, 0.29) is 5.78 Å². The second kappa shape index (κ2) is 10.8. The molecular weight excluding hydrogens is 481 g/mol. The van der Waals surface area contributed by atoms with Crippen molar-refractivity contribution < 1.29 is 32.4 Å². The van der Waals surface area contributed by atoms with Gasteiger partial charge >= 0.3 is 130 Å². The molecule has 2 rings (SSSR count). The summed E-state index contributed by atoms with van der Waals surface area (Å²) in [6.45, 7) is 9.27. The van der Waals surface area contributed by atoms with E-state index in [9.17, 15) is 18.8 Å². The van der Waals surface area contributed by atoms with Crippen molar-refractivity contribution in [1.29, 1.82) is 0 Å². The molecule has 0 radical (unpaired) electrons. The number of carbonyl (C=O) groups excluding carboxylic acids is 1. The van der Waals surface area contributed by atoms with E-state index in [0.717, 1.165) is 5.56 Å². The smallest absolute Gasteiger partial charge is 0.443 e. The molecule has 180 valence electrons. The fraction of sp³-hybridized carbons (Fsp3) is 0.261. The molecular formula is C23H31O7P3. The average Bonchev–Trinajstić information content (AvgIpc) is 2.60. The zero-order chi connectivity index (χ0) is 24.9. The van der Waals surface area contributed by atoms with Crippen LogP contribution in [0.2, 0.25) is 0 Å². The SMILES string of the molecule is CP(C)(=O)Oc1cc(/C=C/C(=O)/C=C/c2cccc(O[PH](C)(C)O)c2)cc(OP(C)(C)=O)c1. The van der Waals surface area contributed by atoms with Gasteiger partial charge in [0.1, 0.15) is 0 Å². The summed E-state index contributed by atoms with van der Waals surface area (Å²) in [6, 6.07) is 11.8. The van der Waals surface area contributed by atoms with E-state index in [2.05, 4.69) is 0 Å². The van der Waals surface area contributed by atoms with Crippen LogP contribution in [0.25, 0.3) is 12.2 Å². The number of hydrogen-bond donors (Lipinski definition) is 1. The van der Waals surface area contributed by atoms with Gasteiger partial charge in [0.05, 0.1) is 0 Å². The Labute approximate surface area is 195 Å². The van der Waals surface area contributed by atoms with Crippen LogP contribution in [0.1, 0.15) is 11.1 Å². The Hall–Kier alpha value is -2.16. The van der Waals surface area contributed by atoms with Gasteiger partial charge < -0.3 is 9.05 Å². The second-order valence-corrected chi connectivity index (χ2v) is 17.1. The number of rotatable bonds is 10. The molecule has 0 saturated heterocycles. The van der Waals surface area contributed by atoms with Gasteiger partial charge in [0, 0.05) is 32.7 Å². The topological polar surface area (TPSA) is 99.1 Å². The van der Waals surface area contributed by atoms with Gasteiger partial charge in [0.25, 0.3) is 0 Å². The van der Waals surface area contributed by atoms with E-state index in [1.165, 1.54) is 44.9 Å². The zero-order valence-corrected chi connectivity index (χ0v) is 22.4. The molecule has 0 aliphatic heterocycles. The van der Waals surface area contributed by atoms with E-state index in [0.29, 0.717) is 22.8 Å². The third kappa shape index (κ3) is 11.5. The van der Waals surface area contributed by atoms with Crippen molar-refractivity contribution in [1.82, 2.24) is 0 Å². The first-order valence-electron chi connectivity index (χ1n) is 10.1. The number of ketones is 1. The van der Waals surface area contributed by atoms with Crippen molar-refractivity contribution in [2.45, 2.75) is 0 Å². The Kier molecular flexibility index (Phi) is 8.90. The molecule has 1 N–H and O–H groups in total. The van der Waals surface area contributed by atoms with Crippen LogP contribution in [0, 0.1) is 0 Å². The molecule has 0 fully saturated rings. The minimum Gasteiger partial charge on any atom is -0.443 e. The van der Waals surface area contributed by atoms with Crippen molar-refractivity contribution in [3.63, 3.8) is 0 Å². The van der Waals surface area contributed by atoms with Gasteiger partial charge in [-0.2, -0.15) is 0 Å². The molecule has 0 atom stereocenters. The van der Waals surface area contributed by atoms with Gasteiger partial charge in [0.15, 0.2) is 0 Å². The fourth-order valence-corrected chi connectivity index (χ4v) is 4.62. The minimum absolute atomic E-state index is 0.264. The number of allylic oxidation sites excluding steroid dienone is 2. The maximum atomic E-state index is 12.3. The van der Waals surface area contributed by atoms with Crippen molar-refractivity contribution in [2.75, 3.05) is 40.0 Å². The first-order valence-corrected chi connectivity index (χ1v) is 18.0. The normalized spacial score (nSPS) is 13.3. The molecule has 0 spiro atoms. The molecule has 0 unspecified atom stereocenters. The maximum absolute atomic E-state index is 12.3. The van der Waals surface area contributed by atoms with Crippen molar-refractivity contribution in [3.8, 4) is 17.2 Å².